The zero-order valence-corrected chi connectivity index (χ0v) is 13.8. The number of para-hydroxylation sites is 1. The first-order chi connectivity index (χ1) is 12.3. The van der Waals surface area contributed by atoms with Crippen LogP contribution in [0.1, 0.15) is 16.7 Å². The number of rotatable bonds is 5. The fraction of sp³-hybridized carbons (Fsp3) is 0.0476. The van der Waals surface area contributed by atoms with Crippen LogP contribution in [0.3, 0.4) is 0 Å². The first-order valence-electron chi connectivity index (χ1n) is 7.87. The molecule has 3 aromatic rings. The van der Waals surface area contributed by atoms with Crippen molar-refractivity contribution in [3.8, 4) is 11.5 Å². The molecular formula is C21H18N2O2. The van der Waals surface area contributed by atoms with Crippen LogP contribution in [0.25, 0.3) is 0 Å². The number of hydrogen-bond donors (Lipinski definition) is 1. The molecular weight excluding hydrogens is 312 g/mol. The van der Waals surface area contributed by atoms with Gasteiger partial charge in [0.2, 0.25) is 0 Å². The van der Waals surface area contributed by atoms with Crippen molar-refractivity contribution in [2.24, 2.45) is 10.2 Å². The minimum atomic E-state index is 0.0462. The maximum atomic E-state index is 10.1. The monoisotopic (exact) mass is 330 g/mol. The maximum Gasteiger partial charge on any atom is 0.166 e. The van der Waals surface area contributed by atoms with Crippen molar-refractivity contribution >= 4 is 11.9 Å². The molecule has 0 aliphatic heterocycles. The fourth-order valence-corrected chi connectivity index (χ4v) is 2.43. The van der Waals surface area contributed by atoms with E-state index < -0.39 is 0 Å². The molecule has 25 heavy (non-hydrogen) atoms. The van der Waals surface area contributed by atoms with E-state index in [0.717, 1.165) is 16.8 Å². The first-order valence-corrected chi connectivity index (χ1v) is 7.87. The van der Waals surface area contributed by atoms with E-state index in [1.54, 1.807) is 18.2 Å². The highest BCUT2D eigenvalue weighted by Crippen LogP contribution is 2.28. The molecule has 0 aliphatic carbocycles. The molecule has 0 saturated heterocycles. The van der Waals surface area contributed by atoms with Crippen molar-refractivity contribution in [1.29, 1.82) is 0 Å². The predicted molar refractivity (Wildman–Crippen MR) is 101 cm³/mol. The Hall–Kier alpha value is -3.40. The summed E-state index contributed by atoms with van der Waals surface area (Å²) in [7, 11) is 1.51. The van der Waals surface area contributed by atoms with Gasteiger partial charge >= 0.3 is 0 Å². The van der Waals surface area contributed by atoms with E-state index in [2.05, 4.69) is 10.2 Å². The van der Waals surface area contributed by atoms with E-state index in [1.807, 2.05) is 60.7 Å². The van der Waals surface area contributed by atoms with Crippen LogP contribution in [0.15, 0.2) is 89.1 Å². The Labute approximate surface area is 146 Å². The lowest BCUT2D eigenvalue weighted by Crippen LogP contribution is -2.02. The minimum absolute atomic E-state index is 0.0462. The highest BCUT2D eigenvalue weighted by molar-refractivity contribution is 6.13. The lowest BCUT2D eigenvalue weighted by atomic mass is 10.0. The summed E-state index contributed by atoms with van der Waals surface area (Å²) in [5.41, 5.74) is 3.25. The van der Waals surface area contributed by atoms with E-state index in [0.29, 0.717) is 11.3 Å². The third-order valence-electron chi connectivity index (χ3n) is 3.70. The number of benzene rings is 3. The number of nitrogens with zero attached hydrogens (tertiary/aromatic N) is 2. The Balaban J connectivity index is 1.97. The molecule has 4 nitrogen and oxygen atoms in total. The van der Waals surface area contributed by atoms with E-state index in [-0.39, 0.29) is 5.75 Å². The van der Waals surface area contributed by atoms with Crippen molar-refractivity contribution in [1.82, 2.24) is 0 Å². The Bertz CT molecular complexity index is 847. The van der Waals surface area contributed by atoms with Gasteiger partial charge in [-0.25, -0.2) is 0 Å². The molecule has 4 heteroatoms. The number of methoxy groups -OCH3 is 1. The average molecular weight is 330 g/mol. The van der Waals surface area contributed by atoms with Gasteiger partial charge in [0, 0.05) is 16.7 Å². The van der Waals surface area contributed by atoms with Gasteiger partial charge in [0.25, 0.3) is 0 Å². The quantitative estimate of drug-likeness (QED) is 0.561. The summed E-state index contributed by atoms with van der Waals surface area (Å²) in [5, 5.41) is 18.7. The smallest absolute Gasteiger partial charge is 0.166 e. The molecule has 0 aliphatic rings. The van der Waals surface area contributed by atoms with Gasteiger partial charge in [-0.2, -0.15) is 5.10 Å². The topological polar surface area (TPSA) is 54.2 Å². The molecule has 0 saturated carbocycles. The van der Waals surface area contributed by atoms with Crippen molar-refractivity contribution in [3.63, 3.8) is 0 Å². The number of aromatic hydroxyl groups is 1. The lowest BCUT2D eigenvalue weighted by Gasteiger charge is -2.06. The van der Waals surface area contributed by atoms with Gasteiger partial charge in [0.05, 0.1) is 13.3 Å². The highest BCUT2D eigenvalue weighted by atomic mass is 16.5. The Kier molecular flexibility index (Phi) is 5.22. The number of phenols is 1. The van der Waals surface area contributed by atoms with Gasteiger partial charge < -0.3 is 9.84 Å². The van der Waals surface area contributed by atoms with E-state index in [9.17, 15) is 5.11 Å². The van der Waals surface area contributed by atoms with Gasteiger partial charge in [-0.15, -0.1) is 5.10 Å². The highest BCUT2D eigenvalue weighted by Gasteiger charge is 2.07. The van der Waals surface area contributed by atoms with Crippen LogP contribution < -0.4 is 4.74 Å². The molecule has 0 atom stereocenters. The summed E-state index contributed by atoms with van der Waals surface area (Å²) in [6.45, 7) is 0. The molecule has 3 aromatic carbocycles. The normalized spacial score (nSPS) is 10.6. The van der Waals surface area contributed by atoms with Gasteiger partial charge in [-0.1, -0.05) is 66.7 Å². The third-order valence-corrected chi connectivity index (χ3v) is 3.70. The molecule has 0 unspecified atom stereocenters. The summed E-state index contributed by atoms with van der Waals surface area (Å²) >= 11 is 0. The second-order valence-electron chi connectivity index (χ2n) is 5.32. The van der Waals surface area contributed by atoms with Crippen LogP contribution >= 0.6 is 0 Å². The van der Waals surface area contributed by atoms with Crippen LogP contribution in [0.5, 0.6) is 11.5 Å². The summed E-state index contributed by atoms with van der Waals surface area (Å²) in [4.78, 5) is 0. The molecule has 3 rings (SSSR count). The number of phenolic OH excluding ortho intramolecular Hbond substituents is 1. The van der Waals surface area contributed by atoms with Crippen LogP contribution in [0.2, 0.25) is 0 Å². The standard InChI is InChI=1S/C21H18N2O2/c1-25-19-14-8-13-18(21(19)24)15-22-23-20(16-9-4-2-5-10-16)17-11-6-3-7-12-17/h2-15,24H,1H3. The minimum Gasteiger partial charge on any atom is -0.504 e. The number of hydrogen-bond acceptors (Lipinski definition) is 4. The van der Waals surface area contributed by atoms with Crippen LogP contribution in [0, 0.1) is 0 Å². The lowest BCUT2D eigenvalue weighted by molar-refractivity contribution is 0.373. The maximum absolute atomic E-state index is 10.1. The van der Waals surface area contributed by atoms with E-state index >= 15 is 0 Å². The predicted octanol–water partition coefficient (Wildman–Crippen LogP) is 4.27. The molecule has 124 valence electrons. The molecule has 1 N–H and O–H groups in total. The molecule has 0 aromatic heterocycles. The summed E-state index contributed by atoms with van der Waals surface area (Å²) in [6, 6.07) is 25.0. The molecule has 0 amide bonds. The molecule has 0 bridgehead atoms. The molecule has 0 spiro atoms. The summed E-state index contributed by atoms with van der Waals surface area (Å²) < 4.78 is 5.10. The van der Waals surface area contributed by atoms with Crippen molar-refractivity contribution in [3.05, 3.63) is 95.6 Å². The van der Waals surface area contributed by atoms with Crippen LogP contribution in [-0.2, 0) is 0 Å². The summed E-state index contributed by atoms with van der Waals surface area (Å²) in [6.07, 6.45) is 1.52. The second kappa shape index (κ2) is 7.93. The Morgan fingerprint density at radius 3 is 2.00 bits per heavy atom. The molecule has 0 radical (unpaired) electrons. The zero-order chi connectivity index (χ0) is 17.5. The molecule has 0 heterocycles. The Morgan fingerprint density at radius 2 is 1.44 bits per heavy atom. The Morgan fingerprint density at radius 1 is 0.840 bits per heavy atom. The van der Waals surface area contributed by atoms with Crippen molar-refractivity contribution in [2.75, 3.05) is 7.11 Å². The van der Waals surface area contributed by atoms with E-state index in [1.165, 1.54) is 13.3 Å². The summed E-state index contributed by atoms with van der Waals surface area (Å²) in [5.74, 6) is 0.448. The van der Waals surface area contributed by atoms with Crippen molar-refractivity contribution < 1.29 is 9.84 Å². The van der Waals surface area contributed by atoms with Gasteiger partial charge in [-0.05, 0) is 12.1 Å². The van der Waals surface area contributed by atoms with Gasteiger partial charge in [0.1, 0.15) is 5.71 Å². The van der Waals surface area contributed by atoms with Crippen LogP contribution in [-0.4, -0.2) is 24.1 Å². The average Bonchev–Trinajstić information content (AvgIpc) is 2.68. The zero-order valence-electron chi connectivity index (χ0n) is 13.8. The third kappa shape index (κ3) is 3.93. The second-order valence-corrected chi connectivity index (χ2v) is 5.32. The fourth-order valence-electron chi connectivity index (χ4n) is 2.43. The van der Waals surface area contributed by atoms with Crippen molar-refractivity contribution in [2.45, 2.75) is 0 Å². The van der Waals surface area contributed by atoms with Crippen LogP contribution in [0.4, 0.5) is 0 Å². The molecule has 0 fully saturated rings. The van der Waals surface area contributed by atoms with E-state index in [4.69, 9.17) is 4.74 Å². The first kappa shape index (κ1) is 16.5. The van der Waals surface area contributed by atoms with Gasteiger partial charge in [0.15, 0.2) is 11.5 Å². The number of ether oxygens (including phenoxy) is 1. The SMILES string of the molecule is COc1cccc(C=NN=C(c2ccccc2)c2ccccc2)c1O. The van der Waals surface area contributed by atoms with Gasteiger partial charge in [-0.3, -0.25) is 0 Å². The largest absolute Gasteiger partial charge is 0.504 e.